The number of nitrogens with one attached hydrogen (secondary N) is 1. The minimum atomic E-state index is -0.439. The fourth-order valence-electron chi connectivity index (χ4n) is 4.46. The van der Waals surface area contributed by atoms with E-state index in [9.17, 15) is 14.0 Å². The van der Waals surface area contributed by atoms with E-state index in [0.29, 0.717) is 43.2 Å². The molecule has 1 aliphatic heterocycles. The van der Waals surface area contributed by atoms with Crippen molar-refractivity contribution in [3.63, 3.8) is 0 Å². The largest absolute Gasteiger partial charge is 0.459 e. The van der Waals surface area contributed by atoms with E-state index in [1.807, 2.05) is 65.6 Å². The Bertz CT molecular complexity index is 1330. The van der Waals surface area contributed by atoms with Crippen LogP contribution < -0.4 is 10.2 Å². The van der Waals surface area contributed by atoms with Gasteiger partial charge in [-0.15, -0.1) is 0 Å². The number of hydrogen-bond acceptors (Lipinski definition) is 4. The third-order valence-electron chi connectivity index (χ3n) is 6.39. The molecule has 5 rings (SSSR count). The number of rotatable bonds is 5. The van der Waals surface area contributed by atoms with Crippen LogP contribution in [0.1, 0.15) is 34.6 Å². The third kappa shape index (κ3) is 4.75. The summed E-state index contributed by atoms with van der Waals surface area (Å²) < 4.78 is 20.7. The first-order chi connectivity index (χ1) is 17.0. The van der Waals surface area contributed by atoms with Crippen LogP contribution >= 0.6 is 0 Å². The number of anilines is 1. The molecular formula is C28H26FN3O3. The number of para-hydroxylation sites is 1. The van der Waals surface area contributed by atoms with Crippen molar-refractivity contribution in [1.29, 1.82) is 0 Å². The minimum Gasteiger partial charge on any atom is -0.459 e. The Kier molecular flexibility index (Phi) is 6.23. The second-order valence-corrected chi connectivity index (χ2v) is 8.68. The van der Waals surface area contributed by atoms with Gasteiger partial charge < -0.3 is 19.5 Å². The number of amides is 2. The predicted molar refractivity (Wildman–Crippen MR) is 133 cm³/mol. The molecule has 0 spiro atoms. The summed E-state index contributed by atoms with van der Waals surface area (Å²) in [6, 6.07) is 23.3. The molecule has 178 valence electrons. The van der Waals surface area contributed by atoms with Gasteiger partial charge in [-0.25, -0.2) is 9.18 Å². The van der Waals surface area contributed by atoms with Gasteiger partial charge in [-0.2, -0.15) is 0 Å². The number of furan rings is 1. The molecule has 4 aromatic rings. The minimum absolute atomic E-state index is 0.172. The summed E-state index contributed by atoms with van der Waals surface area (Å²) in [5, 5.41) is 4.11. The summed E-state index contributed by atoms with van der Waals surface area (Å²) in [6.07, 6.45) is 0. The van der Waals surface area contributed by atoms with Gasteiger partial charge in [0.2, 0.25) is 0 Å². The zero-order chi connectivity index (χ0) is 24.4. The van der Waals surface area contributed by atoms with E-state index in [0.717, 1.165) is 16.5 Å². The van der Waals surface area contributed by atoms with Crippen molar-refractivity contribution in [1.82, 2.24) is 10.2 Å². The van der Waals surface area contributed by atoms with Crippen molar-refractivity contribution in [2.45, 2.75) is 13.0 Å². The Labute approximate surface area is 202 Å². The molecule has 3 aromatic carbocycles. The molecule has 0 saturated carbocycles. The highest BCUT2D eigenvalue weighted by atomic mass is 19.1. The molecule has 1 aromatic heterocycles. The molecule has 0 bridgehead atoms. The Morgan fingerprint density at radius 3 is 2.31 bits per heavy atom. The average Bonchev–Trinajstić information content (AvgIpc) is 3.31. The van der Waals surface area contributed by atoms with Gasteiger partial charge in [0.25, 0.3) is 0 Å². The molecule has 1 atom stereocenters. The topological polar surface area (TPSA) is 65.8 Å². The van der Waals surface area contributed by atoms with Crippen LogP contribution in [0, 0.1) is 5.82 Å². The van der Waals surface area contributed by atoms with Crippen LogP contribution in [-0.2, 0) is 0 Å². The molecule has 6 nitrogen and oxygen atoms in total. The van der Waals surface area contributed by atoms with Gasteiger partial charge in [0.15, 0.2) is 5.78 Å². The molecule has 1 aliphatic rings. The van der Waals surface area contributed by atoms with E-state index in [-0.39, 0.29) is 11.8 Å². The maximum Gasteiger partial charge on any atom is 0.318 e. The number of halogens is 1. The summed E-state index contributed by atoms with van der Waals surface area (Å²) >= 11 is 0. The molecule has 1 unspecified atom stereocenters. The molecular weight excluding hydrogens is 445 g/mol. The Morgan fingerprint density at radius 1 is 0.914 bits per heavy atom. The highest BCUT2D eigenvalue weighted by Crippen LogP contribution is 2.29. The van der Waals surface area contributed by atoms with E-state index in [1.165, 1.54) is 13.0 Å². The highest BCUT2D eigenvalue weighted by molar-refractivity contribution is 5.94. The zero-order valence-electron chi connectivity index (χ0n) is 19.4. The number of Topliss-reactive ketones (excluding diaryl/α,β-unsaturated/α-hetero) is 1. The number of nitrogens with zero attached hydrogens (tertiary/aromatic N) is 2. The number of fused-ring (bicyclic) bond motifs is 1. The second-order valence-electron chi connectivity index (χ2n) is 8.68. The first-order valence-corrected chi connectivity index (χ1v) is 11.6. The summed E-state index contributed by atoms with van der Waals surface area (Å²) in [6.45, 7) is 3.29. The zero-order valence-corrected chi connectivity index (χ0v) is 19.4. The quantitative estimate of drug-likeness (QED) is 0.396. The van der Waals surface area contributed by atoms with Crippen LogP contribution in [0.3, 0.4) is 0 Å². The van der Waals surface area contributed by atoms with Crippen LogP contribution in [0.15, 0.2) is 83.3 Å². The maximum atomic E-state index is 14.6. The van der Waals surface area contributed by atoms with Crippen LogP contribution in [0.5, 0.6) is 0 Å². The van der Waals surface area contributed by atoms with Gasteiger partial charge in [-0.1, -0.05) is 48.5 Å². The van der Waals surface area contributed by atoms with Gasteiger partial charge in [0.1, 0.15) is 23.2 Å². The lowest BCUT2D eigenvalue weighted by Crippen LogP contribution is -2.52. The number of benzene rings is 3. The molecule has 2 amide bonds. The lowest BCUT2D eigenvalue weighted by atomic mass is 10.0. The number of carbonyl (C=O) groups is 2. The number of urea groups is 1. The predicted octanol–water partition coefficient (Wildman–Crippen LogP) is 5.40. The lowest BCUT2D eigenvalue weighted by molar-refractivity contribution is 0.101. The summed E-state index contributed by atoms with van der Waals surface area (Å²) in [4.78, 5) is 28.4. The van der Waals surface area contributed by atoms with E-state index >= 15 is 0 Å². The number of piperazine rings is 1. The number of carbonyl (C=O) groups excluding carboxylic acids is 2. The number of hydrogen-bond donors (Lipinski definition) is 1. The Hall–Kier alpha value is -4.13. The SMILES string of the molecule is CC(=O)c1ccc(N2CCN(C(=O)NC(c3ccccc3)c3cc4ccccc4o3)CC2)c(F)c1. The first kappa shape index (κ1) is 22.7. The fourth-order valence-corrected chi connectivity index (χ4v) is 4.46. The molecule has 1 N–H and O–H groups in total. The van der Waals surface area contributed by atoms with Crippen molar-refractivity contribution >= 4 is 28.5 Å². The van der Waals surface area contributed by atoms with Gasteiger partial charge in [-0.3, -0.25) is 4.79 Å². The van der Waals surface area contributed by atoms with Crippen LogP contribution in [-0.4, -0.2) is 42.9 Å². The normalized spacial score (nSPS) is 14.7. The fraction of sp³-hybridized carbons (Fsp3) is 0.214. The van der Waals surface area contributed by atoms with Crippen LogP contribution in [0.25, 0.3) is 11.0 Å². The van der Waals surface area contributed by atoms with Crippen molar-refractivity contribution in [3.8, 4) is 0 Å². The van der Waals surface area contributed by atoms with Gasteiger partial charge in [-0.05, 0) is 42.8 Å². The van der Waals surface area contributed by atoms with Gasteiger partial charge in [0.05, 0.1) is 5.69 Å². The second kappa shape index (κ2) is 9.62. The van der Waals surface area contributed by atoms with Crippen molar-refractivity contribution in [3.05, 3.63) is 102 Å². The van der Waals surface area contributed by atoms with E-state index in [4.69, 9.17) is 4.42 Å². The van der Waals surface area contributed by atoms with Crippen molar-refractivity contribution in [2.24, 2.45) is 0 Å². The van der Waals surface area contributed by atoms with Gasteiger partial charge >= 0.3 is 6.03 Å². The molecule has 0 aliphatic carbocycles. The monoisotopic (exact) mass is 471 g/mol. The third-order valence-corrected chi connectivity index (χ3v) is 6.39. The van der Waals surface area contributed by atoms with Crippen molar-refractivity contribution < 1.29 is 18.4 Å². The number of ketones is 1. The molecule has 35 heavy (non-hydrogen) atoms. The molecule has 7 heteroatoms. The van der Waals surface area contributed by atoms with Crippen molar-refractivity contribution in [2.75, 3.05) is 31.1 Å². The standard InChI is InChI=1S/C28H26FN3O3/c1-19(33)21-11-12-24(23(29)17-21)31-13-15-32(16-14-31)28(34)30-27(20-7-3-2-4-8-20)26-18-22-9-5-6-10-25(22)35-26/h2-12,17-18,27H,13-16H2,1H3,(H,30,34). The average molecular weight is 472 g/mol. The van der Waals surface area contributed by atoms with Gasteiger partial charge in [0, 0.05) is 37.1 Å². The summed E-state index contributed by atoms with van der Waals surface area (Å²) in [5.41, 5.74) is 2.48. The maximum absolute atomic E-state index is 14.6. The van der Waals surface area contributed by atoms with Crippen LogP contribution in [0.2, 0.25) is 0 Å². The Balaban J connectivity index is 1.30. The summed E-state index contributed by atoms with van der Waals surface area (Å²) in [5.74, 6) is 0.0658. The molecule has 2 heterocycles. The molecule has 1 saturated heterocycles. The van der Waals surface area contributed by atoms with E-state index in [1.54, 1.807) is 17.0 Å². The lowest BCUT2D eigenvalue weighted by Gasteiger charge is -2.36. The summed E-state index contributed by atoms with van der Waals surface area (Å²) in [7, 11) is 0. The first-order valence-electron chi connectivity index (χ1n) is 11.6. The molecule has 0 radical (unpaired) electrons. The smallest absolute Gasteiger partial charge is 0.318 e. The molecule has 1 fully saturated rings. The Morgan fingerprint density at radius 2 is 1.63 bits per heavy atom. The van der Waals surface area contributed by atoms with E-state index < -0.39 is 11.9 Å². The van der Waals surface area contributed by atoms with Crippen LogP contribution in [0.4, 0.5) is 14.9 Å². The van der Waals surface area contributed by atoms with E-state index in [2.05, 4.69) is 5.32 Å². The highest BCUT2D eigenvalue weighted by Gasteiger charge is 2.27.